The van der Waals surface area contributed by atoms with Crippen LogP contribution in [0, 0.1) is 12.8 Å². The highest BCUT2D eigenvalue weighted by Gasteiger charge is 2.28. The Morgan fingerprint density at radius 2 is 2.03 bits per heavy atom. The van der Waals surface area contributed by atoms with Crippen molar-refractivity contribution in [3.8, 4) is 22.8 Å². The molecule has 184 valence electrons. The molecule has 5 aromatic rings. The van der Waals surface area contributed by atoms with Crippen LogP contribution in [0.4, 0.5) is 4.39 Å². The Bertz CT molecular complexity index is 1570. The van der Waals surface area contributed by atoms with Crippen LogP contribution in [0.25, 0.3) is 33.3 Å². The molecule has 2 atom stereocenters. The van der Waals surface area contributed by atoms with E-state index in [0.29, 0.717) is 46.3 Å². The van der Waals surface area contributed by atoms with Crippen LogP contribution in [-0.2, 0) is 6.54 Å². The van der Waals surface area contributed by atoms with E-state index in [1.807, 2.05) is 49.3 Å². The van der Waals surface area contributed by atoms with Gasteiger partial charge in [-0.25, -0.2) is 14.4 Å². The maximum Gasteiger partial charge on any atom is 0.148 e. The number of benzene rings is 2. The summed E-state index contributed by atoms with van der Waals surface area (Å²) < 4.78 is 22.3. The maximum absolute atomic E-state index is 14.5. The van der Waals surface area contributed by atoms with Gasteiger partial charge < -0.3 is 14.6 Å². The van der Waals surface area contributed by atoms with Crippen LogP contribution in [0.5, 0.6) is 11.5 Å². The monoisotopic (exact) mass is 505 g/mol. The predicted molar refractivity (Wildman–Crippen MR) is 137 cm³/mol. The van der Waals surface area contributed by atoms with Gasteiger partial charge >= 0.3 is 0 Å². The van der Waals surface area contributed by atoms with Crippen LogP contribution in [0.1, 0.15) is 12.2 Å². The number of rotatable bonds is 5. The normalized spacial score (nSPS) is 18.8. The fourth-order valence-electron chi connectivity index (χ4n) is 4.70. The summed E-state index contributed by atoms with van der Waals surface area (Å²) in [6, 6.07) is 9.26. The van der Waals surface area contributed by atoms with Crippen molar-refractivity contribution in [2.24, 2.45) is 5.92 Å². The number of nitrogens with one attached hydrogen (secondary N) is 1. The van der Waals surface area contributed by atoms with Gasteiger partial charge in [-0.1, -0.05) is 11.6 Å². The van der Waals surface area contributed by atoms with Crippen molar-refractivity contribution in [2.75, 3.05) is 20.1 Å². The molecule has 0 bridgehead atoms. The molecule has 0 radical (unpaired) electrons. The Kier molecular flexibility index (Phi) is 5.81. The zero-order valence-corrected chi connectivity index (χ0v) is 20.7. The molecule has 10 heteroatoms. The number of halogens is 2. The molecule has 0 aliphatic carbocycles. The zero-order chi connectivity index (χ0) is 24.8. The number of likely N-dealkylation sites (tertiary alicyclic amines) is 1. The van der Waals surface area contributed by atoms with Gasteiger partial charge in [0.05, 0.1) is 34.6 Å². The zero-order valence-electron chi connectivity index (χ0n) is 19.9. The first-order valence-corrected chi connectivity index (χ1v) is 12.3. The molecule has 1 N–H and O–H groups in total. The summed E-state index contributed by atoms with van der Waals surface area (Å²) in [7, 11) is 1.95. The van der Waals surface area contributed by atoms with Crippen molar-refractivity contribution in [1.82, 2.24) is 34.6 Å². The second kappa shape index (κ2) is 9.15. The average Bonchev–Trinajstić information content (AvgIpc) is 3.48. The maximum atomic E-state index is 14.5. The van der Waals surface area contributed by atoms with Crippen LogP contribution < -0.4 is 4.74 Å². The highest BCUT2D eigenvalue weighted by Crippen LogP contribution is 2.35. The molecule has 6 rings (SSSR count). The standard InChI is InChI=1S/C26H25ClFN7O/c1-15-31-20-4-3-18(9-22(20)32-15)36-24-6-5-21-26(25(24)27)33-23(11-29-21)17-10-30-35(13-17)12-16-7-8-34(2)14-19(16)28/h3-6,9-11,13,16,19H,7-8,12,14H2,1-2H3,(H,31,32)/t16-,19+/m0/s1. The molecule has 3 aromatic heterocycles. The molecule has 1 fully saturated rings. The van der Waals surface area contributed by atoms with E-state index in [-0.39, 0.29) is 5.92 Å². The number of imidazole rings is 1. The van der Waals surface area contributed by atoms with Gasteiger partial charge in [0, 0.05) is 36.8 Å². The first-order chi connectivity index (χ1) is 17.4. The van der Waals surface area contributed by atoms with E-state index in [4.69, 9.17) is 21.3 Å². The molecule has 8 nitrogen and oxygen atoms in total. The van der Waals surface area contributed by atoms with E-state index in [2.05, 4.69) is 20.1 Å². The summed E-state index contributed by atoms with van der Waals surface area (Å²) in [5.41, 5.74) is 4.41. The van der Waals surface area contributed by atoms with Crippen molar-refractivity contribution in [2.45, 2.75) is 26.1 Å². The molecule has 0 spiro atoms. The highest BCUT2D eigenvalue weighted by atomic mass is 35.5. The molecule has 0 saturated carbocycles. The number of hydrogen-bond acceptors (Lipinski definition) is 6. The summed E-state index contributed by atoms with van der Waals surface area (Å²) in [6.07, 6.45) is 5.27. The van der Waals surface area contributed by atoms with Gasteiger partial charge in [-0.3, -0.25) is 9.67 Å². The topological polar surface area (TPSA) is 84.8 Å². The molecule has 1 aliphatic rings. The lowest BCUT2D eigenvalue weighted by molar-refractivity contribution is 0.0897. The van der Waals surface area contributed by atoms with Crippen LogP contribution in [0.2, 0.25) is 5.02 Å². The Balaban J connectivity index is 1.25. The van der Waals surface area contributed by atoms with E-state index in [9.17, 15) is 4.39 Å². The third-order valence-electron chi connectivity index (χ3n) is 6.65. The third kappa shape index (κ3) is 4.40. The first-order valence-electron chi connectivity index (χ1n) is 11.9. The number of aromatic nitrogens is 6. The van der Waals surface area contributed by atoms with Crippen molar-refractivity contribution < 1.29 is 9.13 Å². The molecule has 0 unspecified atom stereocenters. The fourth-order valence-corrected chi connectivity index (χ4v) is 4.94. The second-order valence-electron chi connectivity index (χ2n) is 9.38. The number of aromatic amines is 1. The molecule has 36 heavy (non-hydrogen) atoms. The number of H-pyrrole nitrogens is 1. The van der Waals surface area contributed by atoms with Crippen molar-refractivity contribution in [3.63, 3.8) is 0 Å². The number of fused-ring (bicyclic) bond motifs is 2. The predicted octanol–water partition coefficient (Wildman–Crippen LogP) is 5.41. The molecule has 0 amide bonds. The minimum Gasteiger partial charge on any atom is -0.456 e. The fraction of sp³-hybridized carbons (Fsp3) is 0.308. The van der Waals surface area contributed by atoms with Gasteiger partial charge in [0.2, 0.25) is 0 Å². The van der Waals surface area contributed by atoms with E-state index in [1.165, 1.54) is 0 Å². The average molecular weight is 506 g/mol. The molecular weight excluding hydrogens is 481 g/mol. The van der Waals surface area contributed by atoms with E-state index >= 15 is 0 Å². The molecular formula is C26H25ClFN7O. The number of hydrogen-bond donors (Lipinski definition) is 1. The highest BCUT2D eigenvalue weighted by molar-refractivity contribution is 6.36. The quantitative estimate of drug-likeness (QED) is 0.343. The number of piperidine rings is 1. The van der Waals surface area contributed by atoms with Gasteiger partial charge in [-0.2, -0.15) is 5.10 Å². The van der Waals surface area contributed by atoms with E-state index in [1.54, 1.807) is 23.1 Å². The van der Waals surface area contributed by atoms with E-state index < -0.39 is 6.17 Å². The van der Waals surface area contributed by atoms with Gasteiger partial charge in [0.25, 0.3) is 0 Å². The lowest BCUT2D eigenvalue weighted by atomic mass is 9.95. The number of ether oxygens (including phenoxy) is 1. The number of alkyl halides is 1. The minimum absolute atomic E-state index is 0.0457. The Morgan fingerprint density at radius 3 is 2.89 bits per heavy atom. The van der Waals surface area contributed by atoms with Crippen LogP contribution in [0.3, 0.4) is 0 Å². The summed E-state index contributed by atoms with van der Waals surface area (Å²) in [5, 5.41) is 4.82. The third-order valence-corrected chi connectivity index (χ3v) is 7.01. The lowest BCUT2D eigenvalue weighted by Crippen LogP contribution is -2.41. The van der Waals surface area contributed by atoms with Crippen molar-refractivity contribution in [3.05, 3.63) is 59.8 Å². The van der Waals surface area contributed by atoms with Gasteiger partial charge in [-0.15, -0.1) is 0 Å². The Labute approximate surface area is 212 Å². The number of nitrogens with zero attached hydrogens (tertiary/aromatic N) is 6. The smallest absolute Gasteiger partial charge is 0.148 e. The first kappa shape index (κ1) is 22.9. The van der Waals surface area contributed by atoms with Gasteiger partial charge in [-0.05, 0) is 51.2 Å². The van der Waals surface area contributed by atoms with Crippen LogP contribution >= 0.6 is 11.6 Å². The van der Waals surface area contributed by atoms with E-state index in [0.717, 1.165) is 35.4 Å². The summed E-state index contributed by atoms with van der Waals surface area (Å²) in [5.74, 6) is 1.92. The summed E-state index contributed by atoms with van der Waals surface area (Å²) in [4.78, 5) is 19.0. The summed E-state index contributed by atoms with van der Waals surface area (Å²) in [6.45, 7) is 3.81. The van der Waals surface area contributed by atoms with Gasteiger partial charge in [0.15, 0.2) is 0 Å². The molecule has 4 heterocycles. The van der Waals surface area contributed by atoms with Gasteiger partial charge in [0.1, 0.15) is 34.0 Å². The Morgan fingerprint density at radius 1 is 1.17 bits per heavy atom. The SMILES string of the molecule is Cc1nc2ccc(Oc3ccc4ncc(-c5cnn(C[C@@H]6CCN(C)C[C@H]6F)c5)nc4c3Cl)cc2[nH]1. The molecule has 2 aromatic carbocycles. The number of aryl methyl sites for hydroxylation is 1. The molecule has 1 aliphatic heterocycles. The lowest BCUT2D eigenvalue weighted by Gasteiger charge is -2.32. The minimum atomic E-state index is -0.855. The molecule has 1 saturated heterocycles. The second-order valence-corrected chi connectivity index (χ2v) is 9.76. The van der Waals surface area contributed by atoms with Crippen LogP contribution in [-0.4, -0.2) is 60.9 Å². The van der Waals surface area contributed by atoms with Crippen LogP contribution in [0.15, 0.2) is 48.9 Å². The summed E-state index contributed by atoms with van der Waals surface area (Å²) >= 11 is 6.72. The largest absolute Gasteiger partial charge is 0.456 e. The van der Waals surface area contributed by atoms with Crippen molar-refractivity contribution >= 4 is 33.7 Å². The Hall–Kier alpha value is -3.56. The van der Waals surface area contributed by atoms with Crippen molar-refractivity contribution in [1.29, 1.82) is 0 Å².